The maximum Gasteiger partial charge on any atom is 0.494 e. The average molecular weight is 203 g/mol. The van der Waals surface area contributed by atoms with Crippen molar-refractivity contribution in [2.24, 2.45) is 0 Å². The Morgan fingerprint density at radius 3 is 2.92 bits per heavy atom. The molecule has 0 spiro atoms. The molecular formula is C7H8BClFNO2. The molecule has 3 N–H and O–H groups in total. The third kappa shape index (κ3) is 1.50. The lowest BCUT2D eigenvalue weighted by atomic mass is 9.79. The highest BCUT2D eigenvalue weighted by atomic mass is 35.5. The molecule has 1 aromatic carbocycles. The summed E-state index contributed by atoms with van der Waals surface area (Å²) in [6.07, 6.45) is 0. The van der Waals surface area contributed by atoms with Crippen LogP contribution in [0.25, 0.3) is 0 Å². The molecule has 1 heterocycles. The molecule has 0 fully saturated rings. The highest BCUT2D eigenvalue weighted by Gasteiger charge is 2.31. The van der Waals surface area contributed by atoms with Gasteiger partial charge in [-0.1, -0.05) is 6.07 Å². The van der Waals surface area contributed by atoms with Crippen LogP contribution in [0.4, 0.5) is 10.1 Å². The third-order valence-corrected chi connectivity index (χ3v) is 1.94. The molecular weight excluding hydrogens is 195 g/mol. The van der Waals surface area contributed by atoms with E-state index in [-0.39, 0.29) is 30.2 Å². The molecule has 1 aromatic rings. The van der Waals surface area contributed by atoms with E-state index in [9.17, 15) is 4.39 Å². The zero-order chi connectivity index (χ0) is 8.72. The van der Waals surface area contributed by atoms with Gasteiger partial charge in [-0.25, -0.2) is 4.39 Å². The van der Waals surface area contributed by atoms with Crippen molar-refractivity contribution in [3.8, 4) is 0 Å². The largest absolute Gasteiger partial charge is 0.494 e. The predicted octanol–water partition coefficient (Wildman–Crippen LogP) is 0.0474. The van der Waals surface area contributed by atoms with Crippen molar-refractivity contribution in [1.82, 2.24) is 0 Å². The van der Waals surface area contributed by atoms with Gasteiger partial charge in [0.15, 0.2) is 0 Å². The second kappa shape index (κ2) is 3.53. The van der Waals surface area contributed by atoms with Crippen LogP contribution in [0.5, 0.6) is 0 Å². The Morgan fingerprint density at radius 2 is 2.23 bits per heavy atom. The fraction of sp³-hybridized carbons (Fsp3) is 0.143. The van der Waals surface area contributed by atoms with E-state index in [4.69, 9.17) is 15.4 Å². The molecule has 0 unspecified atom stereocenters. The maximum absolute atomic E-state index is 13.2. The van der Waals surface area contributed by atoms with E-state index in [0.29, 0.717) is 5.56 Å². The Morgan fingerprint density at radius 1 is 1.54 bits per heavy atom. The first-order valence-electron chi connectivity index (χ1n) is 3.56. The molecule has 0 amide bonds. The van der Waals surface area contributed by atoms with Gasteiger partial charge >= 0.3 is 7.12 Å². The van der Waals surface area contributed by atoms with Crippen LogP contribution in [-0.4, -0.2) is 12.1 Å². The highest BCUT2D eigenvalue weighted by molar-refractivity contribution is 6.61. The summed E-state index contributed by atoms with van der Waals surface area (Å²) in [5, 5.41) is 9.17. The van der Waals surface area contributed by atoms with Gasteiger partial charge in [0, 0.05) is 5.46 Å². The number of nitrogens with two attached hydrogens (primary N) is 1. The number of benzene rings is 1. The molecule has 0 saturated carbocycles. The van der Waals surface area contributed by atoms with Crippen LogP contribution < -0.4 is 11.2 Å². The Labute approximate surface area is 81.2 Å². The first-order valence-corrected chi connectivity index (χ1v) is 3.56. The SMILES string of the molecule is Cl.Nc1ccc2c(c1F)B(O)OC2. The number of anilines is 1. The summed E-state index contributed by atoms with van der Waals surface area (Å²) in [7, 11) is -1.16. The number of fused-ring (bicyclic) bond motifs is 1. The number of hydrogen-bond acceptors (Lipinski definition) is 3. The van der Waals surface area contributed by atoms with Gasteiger partial charge in [-0.05, 0) is 11.6 Å². The van der Waals surface area contributed by atoms with Gasteiger partial charge in [-0.15, -0.1) is 12.4 Å². The second-order valence-electron chi connectivity index (χ2n) is 2.70. The molecule has 13 heavy (non-hydrogen) atoms. The van der Waals surface area contributed by atoms with Crippen molar-refractivity contribution < 1.29 is 14.1 Å². The third-order valence-electron chi connectivity index (χ3n) is 1.94. The molecule has 0 aromatic heterocycles. The van der Waals surface area contributed by atoms with E-state index in [1.807, 2.05) is 0 Å². The standard InChI is InChI=1S/C7H7BFNO2.ClH/c9-7-5(10)2-1-4-3-12-8(11)6(4)7;/h1-2,11H,3,10H2;1H. The van der Waals surface area contributed by atoms with Gasteiger partial charge in [0.1, 0.15) is 5.82 Å². The number of hydrogen-bond donors (Lipinski definition) is 2. The Bertz CT molecular complexity index is 337. The fourth-order valence-corrected chi connectivity index (χ4v) is 1.29. The highest BCUT2D eigenvalue weighted by Crippen LogP contribution is 2.16. The predicted molar refractivity (Wildman–Crippen MR) is 50.5 cm³/mol. The molecule has 0 aliphatic carbocycles. The maximum atomic E-state index is 13.2. The lowest BCUT2D eigenvalue weighted by Gasteiger charge is -2.02. The van der Waals surface area contributed by atoms with Gasteiger partial charge in [0.25, 0.3) is 0 Å². The van der Waals surface area contributed by atoms with Crippen molar-refractivity contribution in [2.45, 2.75) is 6.61 Å². The summed E-state index contributed by atoms with van der Waals surface area (Å²) in [6.45, 7) is 0.244. The molecule has 0 atom stereocenters. The molecule has 1 aliphatic heterocycles. The Balaban J connectivity index is 0.000000845. The summed E-state index contributed by atoms with van der Waals surface area (Å²) in [5.74, 6) is -0.572. The Hall–Kier alpha value is -0.775. The Kier molecular flexibility index (Phi) is 2.80. The van der Waals surface area contributed by atoms with E-state index < -0.39 is 12.9 Å². The van der Waals surface area contributed by atoms with Gasteiger partial charge in [0.2, 0.25) is 0 Å². The zero-order valence-corrected chi connectivity index (χ0v) is 7.47. The van der Waals surface area contributed by atoms with Crippen molar-refractivity contribution in [1.29, 1.82) is 0 Å². The first kappa shape index (κ1) is 10.3. The normalized spacial score (nSPS) is 13.8. The topological polar surface area (TPSA) is 55.5 Å². The van der Waals surface area contributed by atoms with E-state index in [1.54, 1.807) is 6.07 Å². The van der Waals surface area contributed by atoms with Gasteiger partial charge in [0.05, 0.1) is 12.3 Å². The lowest BCUT2D eigenvalue weighted by Crippen LogP contribution is -2.31. The smallest absolute Gasteiger partial charge is 0.423 e. The summed E-state index contributed by atoms with van der Waals surface area (Å²) in [4.78, 5) is 0. The van der Waals surface area contributed by atoms with Crippen LogP contribution in [0, 0.1) is 5.82 Å². The van der Waals surface area contributed by atoms with E-state index in [0.717, 1.165) is 0 Å². The summed E-state index contributed by atoms with van der Waals surface area (Å²) >= 11 is 0. The van der Waals surface area contributed by atoms with Crippen molar-refractivity contribution in [3.05, 3.63) is 23.5 Å². The second-order valence-corrected chi connectivity index (χ2v) is 2.70. The number of rotatable bonds is 0. The molecule has 0 bridgehead atoms. The number of halogens is 2. The monoisotopic (exact) mass is 203 g/mol. The van der Waals surface area contributed by atoms with E-state index >= 15 is 0 Å². The number of nitrogen functional groups attached to an aromatic ring is 1. The molecule has 6 heteroatoms. The van der Waals surface area contributed by atoms with Crippen LogP contribution in [0.3, 0.4) is 0 Å². The average Bonchev–Trinajstić information content (AvgIpc) is 2.41. The van der Waals surface area contributed by atoms with Crippen LogP contribution >= 0.6 is 12.4 Å². The van der Waals surface area contributed by atoms with E-state index in [2.05, 4.69) is 0 Å². The molecule has 3 nitrogen and oxygen atoms in total. The van der Waals surface area contributed by atoms with E-state index in [1.165, 1.54) is 6.07 Å². The minimum Gasteiger partial charge on any atom is -0.423 e. The summed E-state index contributed by atoms with van der Waals surface area (Å²) in [5.41, 5.74) is 6.19. The van der Waals surface area contributed by atoms with Crippen LogP contribution in [0.15, 0.2) is 12.1 Å². The first-order chi connectivity index (χ1) is 5.70. The van der Waals surface area contributed by atoms with Gasteiger partial charge in [-0.2, -0.15) is 0 Å². The minimum atomic E-state index is -1.16. The summed E-state index contributed by atoms with van der Waals surface area (Å²) < 4.78 is 18.0. The fourth-order valence-electron chi connectivity index (χ4n) is 1.29. The lowest BCUT2D eigenvalue weighted by molar-refractivity contribution is 0.275. The molecule has 0 radical (unpaired) electrons. The van der Waals surface area contributed by atoms with Crippen LogP contribution in [0.1, 0.15) is 5.56 Å². The van der Waals surface area contributed by atoms with Gasteiger partial charge < -0.3 is 15.4 Å². The minimum absolute atomic E-state index is 0. The van der Waals surface area contributed by atoms with Crippen LogP contribution in [-0.2, 0) is 11.3 Å². The molecule has 1 aliphatic rings. The quantitative estimate of drug-likeness (QED) is 0.463. The molecule has 0 saturated heterocycles. The molecule has 70 valence electrons. The van der Waals surface area contributed by atoms with Crippen molar-refractivity contribution in [3.63, 3.8) is 0 Å². The van der Waals surface area contributed by atoms with Crippen LogP contribution in [0.2, 0.25) is 0 Å². The zero-order valence-electron chi connectivity index (χ0n) is 6.66. The molecule has 2 rings (SSSR count). The summed E-state index contributed by atoms with van der Waals surface area (Å²) in [6, 6.07) is 3.12. The van der Waals surface area contributed by atoms with Crippen molar-refractivity contribution >= 4 is 30.7 Å². The van der Waals surface area contributed by atoms with Gasteiger partial charge in [-0.3, -0.25) is 0 Å². The van der Waals surface area contributed by atoms with Crippen molar-refractivity contribution in [2.75, 3.05) is 5.73 Å².